The summed E-state index contributed by atoms with van der Waals surface area (Å²) in [5.41, 5.74) is -0.105. The number of rotatable bonds is 6. The van der Waals surface area contributed by atoms with Crippen molar-refractivity contribution in [3.63, 3.8) is 0 Å². The highest BCUT2D eigenvalue weighted by Crippen LogP contribution is 2.25. The third-order valence-corrected chi connectivity index (χ3v) is 5.03. The predicted octanol–water partition coefficient (Wildman–Crippen LogP) is 2.46. The minimum atomic E-state index is -3.76. The van der Waals surface area contributed by atoms with E-state index in [9.17, 15) is 13.2 Å². The Balaban J connectivity index is 3.20. The first-order valence-electron chi connectivity index (χ1n) is 5.80. The minimum Gasteiger partial charge on any atom is -0.478 e. The van der Waals surface area contributed by atoms with Crippen LogP contribution < -0.4 is 0 Å². The lowest BCUT2D eigenvalue weighted by molar-refractivity contribution is 0.0696. The Kier molecular flexibility index (Phi) is 5.34. The Labute approximate surface area is 117 Å². The third-order valence-electron chi connectivity index (χ3n) is 2.69. The molecular formula is C12H16ClNO4S. The second-order valence-corrected chi connectivity index (χ2v) is 6.55. The molecular weight excluding hydrogens is 290 g/mol. The molecule has 1 aromatic carbocycles. The van der Waals surface area contributed by atoms with Gasteiger partial charge in [0.15, 0.2) is 0 Å². The first-order chi connectivity index (χ1) is 8.80. The zero-order valence-electron chi connectivity index (χ0n) is 10.8. The fraction of sp³-hybridized carbons (Fsp3) is 0.417. The zero-order valence-corrected chi connectivity index (χ0v) is 12.3. The highest BCUT2D eigenvalue weighted by molar-refractivity contribution is 7.89. The van der Waals surface area contributed by atoms with Crippen LogP contribution in [0.2, 0.25) is 5.02 Å². The summed E-state index contributed by atoms with van der Waals surface area (Å²) < 4.78 is 25.7. The first kappa shape index (κ1) is 15.9. The number of carboxylic acids is 1. The number of halogens is 1. The molecule has 19 heavy (non-hydrogen) atoms. The number of hydrogen-bond acceptors (Lipinski definition) is 3. The van der Waals surface area contributed by atoms with Gasteiger partial charge in [0.25, 0.3) is 0 Å². The summed E-state index contributed by atoms with van der Waals surface area (Å²) in [6.07, 6.45) is 1.59. The topological polar surface area (TPSA) is 74.7 Å². The number of carbonyl (C=O) groups is 1. The maximum absolute atomic E-state index is 12.3. The molecule has 0 spiro atoms. The molecule has 1 N–H and O–H groups in total. The molecule has 0 aliphatic carbocycles. The molecule has 0 atom stereocenters. The van der Waals surface area contributed by atoms with Gasteiger partial charge in [-0.2, -0.15) is 0 Å². The quantitative estimate of drug-likeness (QED) is 0.876. The van der Waals surface area contributed by atoms with E-state index >= 15 is 0 Å². The Morgan fingerprint density at radius 1 is 1.42 bits per heavy atom. The molecule has 5 nitrogen and oxygen atoms in total. The molecule has 0 amide bonds. The molecule has 106 valence electrons. The summed E-state index contributed by atoms with van der Waals surface area (Å²) in [7, 11) is -2.31. The van der Waals surface area contributed by atoms with E-state index in [1.54, 1.807) is 0 Å². The Bertz CT molecular complexity index is 571. The molecule has 1 rings (SSSR count). The van der Waals surface area contributed by atoms with Crippen molar-refractivity contribution in [1.82, 2.24) is 4.31 Å². The maximum Gasteiger partial charge on any atom is 0.335 e. The summed E-state index contributed by atoms with van der Waals surface area (Å²) in [4.78, 5) is 10.7. The van der Waals surface area contributed by atoms with Crippen LogP contribution in [0.4, 0.5) is 0 Å². The van der Waals surface area contributed by atoms with Gasteiger partial charge in [0.05, 0.1) is 10.6 Å². The van der Waals surface area contributed by atoms with Crippen molar-refractivity contribution in [2.24, 2.45) is 0 Å². The normalized spacial score (nSPS) is 11.8. The van der Waals surface area contributed by atoms with E-state index in [2.05, 4.69) is 0 Å². The summed E-state index contributed by atoms with van der Waals surface area (Å²) >= 11 is 5.86. The van der Waals surface area contributed by atoms with Gasteiger partial charge in [0.1, 0.15) is 4.90 Å². The minimum absolute atomic E-state index is 0.0216. The Morgan fingerprint density at radius 3 is 2.58 bits per heavy atom. The van der Waals surface area contributed by atoms with Crippen molar-refractivity contribution in [2.75, 3.05) is 13.6 Å². The highest BCUT2D eigenvalue weighted by Gasteiger charge is 2.24. The number of benzene rings is 1. The van der Waals surface area contributed by atoms with Crippen molar-refractivity contribution in [2.45, 2.75) is 24.7 Å². The number of nitrogens with zero attached hydrogens (tertiary/aromatic N) is 1. The van der Waals surface area contributed by atoms with Crippen LogP contribution in [0.3, 0.4) is 0 Å². The number of sulfonamides is 1. The van der Waals surface area contributed by atoms with Gasteiger partial charge in [0.2, 0.25) is 10.0 Å². The fourth-order valence-corrected chi connectivity index (χ4v) is 3.21. The van der Waals surface area contributed by atoms with E-state index in [4.69, 9.17) is 16.7 Å². The molecule has 0 saturated heterocycles. The van der Waals surface area contributed by atoms with Crippen LogP contribution in [0.5, 0.6) is 0 Å². The van der Waals surface area contributed by atoms with E-state index in [1.807, 2.05) is 6.92 Å². The lowest BCUT2D eigenvalue weighted by Crippen LogP contribution is -2.28. The van der Waals surface area contributed by atoms with E-state index in [0.29, 0.717) is 6.54 Å². The van der Waals surface area contributed by atoms with E-state index in [1.165, 1.54) is 23.5 Å². The van der Waals surface area contributed by atoms with Gasteiger partial charge in [-0.3, -0.25) is 0 Å². The summed E-state index contributed by atoms with van der Waals surface area (Å²) in [6.45, 7) is 2.32. The first-order valence-corrected chi connectivity index (χ1v) is 7.61. The van der Waals surface area contributed by atoms with Gasteiger partial charge in [-0.15, -0.1) is 0 Å². The van der Waals surface area contributed by atoms with Crippen LogP contribution >= 0.6 is 11.6 Å². The Morgan fingerprint density at radius 2 is 2.05 bits per heavy atom. The van der Waals surface area contributed by atoms with Gasteiger partial charge in [-0.25, -0.2) is 17.5 Å². The van der Waals surface area contributed by atoms with Gasteiger partial charge >= 0.3 is 5.97 Å². The molecule has 0 radical (unpaired) electrons. The van der Waals surface area contributed by atoms with Crippen LogP contribution in [-0.4, -0.2) is 37.4 Å². The molecule has 0 saturated carbocycles. The molecule has 0 heterocycles. The SMILES string of the molecule is CCCCN(C)S(=O)(=O)c1cc(C(=O)O)ccc1Cl. The van der Waals surface area contributed by atoms with Crippen molar-refractivity contribution < 1.29 is 18.3 Å². The number of aromatic carboxylic acids is 1. The second kappa shape index (κ2) is 6.36. The summed E-state index contributed by atoms with van der Waals surface area (Å²) in [6, 6.07) is 3.64. The lowest BCUT2D eigenvalue weighted by atomic mass is 10.2. The predicted molar refractivity (Wildman–Crippen MR) is 73.1 cm³/mol. The third kappa shape index (κ3) is 3.68. The van der Waals surface area contributed by atoms with Gasteiger partial charge < -0.3 is 5.11 Å². The molecule has 0 aliphatic heterocycles. The number of hydrogen-bond donors (Lipinski definition) is 1. The highest BCUT2D eigenvalue weighted by atomic mass is 35.5. The van der Waals surface area contributed by atoms with Crippen LogP contribution in [-0.2, 0) is 10.0 Å². The summed E-state index contributed by atoms with van der Waals surface area (Å²) in [5.74, 6) is -1.19. The standard InChI is InChI=1S/C12H16ClNO4S/c1-3-4-7-14(2)19(17,18)11-8-9(12(15)16)5-6-10(11)13/h5-6,8H,3-4,7H2,1-2H3,(H,15,16). The molecule has 0 bridgehead atoms. The Hall–Kier alpha value is -1.11. The average Bonchev–Trinajstić information content (AvgIpc) is 2.35. The van der Waals surface area contributed by atoms with Gasteiger partial charge in [-0.1, -0.05) is 24.9 Å². The second-order valence-electron chi connectivity index (χ2n) is 4.13. The van der Waals surface area contributed by atoms with E-state index in [0.717, 1.165) is 18.9 Å². The van der Waals surface area contributed by atoms with E-state index in [-0.39, 0.29) is 15.5 Å². The van der Waals surface area contributed by atoms with Crippen LogP contribution in [0, 0.1) is 0 Å². The molecule has 1 aromatic rings. The van der Waals surface area contributed by atoms with Gasteiger partial charge in [0, 0.05) is 13.6 Å². The van der Waals surface area contributed by atoms with Crippen molar-refractivity contribution in [3.8, 4) is 0 Å². The number of carboxylic acid groups (broad SMARTS) is 1. The molecule has 0 aromatic heterocycles. The summed E-state index contributed by atoms with van der Waals surface area (Å²) in [5, 5.41) is 8.92. The molecule has 0 fully saturated rings. The average molecular weight is 306 g/mol. The zero-order chi connectivity index (χ0) is 14.6. The van der Waals surface area contributed by atoms with Crippen molar-refractivity contribution >= 4 is 27.6 Å². The smallest absolute Gasteiger partial charge is 0.335 e. The molecule has 7 heteroatoms. The molecule has 0 aliphatic rings. The van der Waals surface area contributed by atoms with Gasteiger partial charge in [-0.05, 0) is 24.6 Å². The fourth-order valence-electron chi connectivity index (χ4n) is 1.50. The monoisotopic (exact) mass is 305 g/mol. The van der Waals surface area contributed by atoms with E-state index < -0.39 is 16.0 Å². The largest absolute Gasteiger partial charge is 0.478 e. The molecule has 0 unspecified atom stereocenters. The van der Waals surface area contributed by atoms with Crippen LogP contribution in [0.25, 0.3) is 0 Å². The van der Waals surface area contributed by atoms with Crippen molar-refractivity contribution in [1.29, 1.82) is 0 Å². The maximum atomic E-state index is 12.3. The van der Waals surface area contributed by atoms with Crippen LogP contribution in [0.1, 0.15) is 30.1 Å². The van der Waals surface area contributed by atoms with Crippen molar-refractivity contribution in [3.05, 3.63) is 28.8 Å². The lowest BCUT2D eigenvalue weighted by Gasteiger charge is -2.17. The number of unbranched alkanes of at least 4 members (excludes halogenated alkanes) is 1. The van der Waals surface area contributed by atoms with Crippen LogP contribution in [0.15, 0.2) is 23.1 Å².